The fourth-order valence-electron chi connectivity index (χ4n) is 3.28. The molecule has 31 heavy (non-hydrogen) atoms. The van der Waals surface area contributed by atoms with E-state index in [1.54, 1.807) is 18.3 Å². The van der Waals surface area contributed by atoms with Crippen LogP contribution in [0.5, 0.6) is 0 Å². The van der Waals surface area contributed by atoms with Crippen molar-refractivity contribution in [1.82, 2.24) is 15.3 Å². The average Bonchev–Trinajstić information content (AvgIpc) is 3.21. The van der Waals surface area contributed by atoms with Gasteiger partial charge in [0.05, 0.1) is 21.8 Å². The maximum atomic E-state index is 13.1. The van der Waals surface area contributed by atoms with Crippen molar-refractivity contribution in [1.29, 1.82) is 0 Å². The minimum atomic E-state index is -0.372. The Bertz CT molecular complexity index is 1300. The van der Waals surface area contributed by atoms with Crippen molar-refractivity contribution in [3.63, 3.8) is 0 Å². The molecule has 0 saturated heterocycles. The average molecular weight is 434 g/mol. The van der Waals surface area contributed by atoms with E-state index in [2.05, 4.69) is 25.9 Å². The highest BCUT2D eigenvalue weighted by Gasteiger charge is 2.18. The zero-order valence-corrected chi connectivity index (χ0v) is 17.7. The Morgan fingerprint density at radius 2 is 1.84 bits per heavy atom. The Labute approximate surface area is 183 Å². The van der Waals surface area contributed by atoms with Crippen LogP contribution in [0.4, 0.5) is 17.2 Å². The standard InChI is InChI=1S/C23H20ClN5O2/c1-13-6-3-4-8-17(13)28-21-19(10-14(11-27-21)22(30)25-2)29-23(31)15-12-26-18-9-5-7-16(24)20(15)18/h3-12,26H,1-2H3,(H,25,30)(H,27,28)(H,29,31). The van der Waals surface area contributed by atoms with E-state index in [4.69, 9.17) is 11.6 Å². The van der Waals surface area contributed by atoms with Crippen LogP contribution in [-0.4, -0.2) is 28.8 Å². The Balaban J connectivity index is 1.73. The van der Waals surface area contributed by atoms with Crippen molar-refractivity contribution in [3.8, 4) is 0 Å². The van der Waals surface area contributed by atoms with E-state index in [0.717, 1.165) is 16.8 Å². The molecule has 0 fully saturated rings. The summed E-state index contributed by atoms with van der Waals surface area (Å²) in [6, 6.07) is 14.7. The molecule has 2 aromatic carbocycles. The predicted molar refractivity (Wildman–Crippen MR) is 123 cm³/mol. The molecule has 0 bridgehead atoms. The summed E-state index contributed by atoms with van der Waals surface area (Å²) in [5.41, 5.74) is 3.70. The highest BCUT2D eigenvalue weighted by atomic mass is 35.5. The van der Waals surface area contributed by atoms with Crippen molar-refractivity contribution in [2.24, 2.45) is 0 Å². The van der Waals surface area contributed by atoms with Crippen molar-refractivity contribution in [2.75, 3.05) is 17.7 Å². The van der Waals surface area contributed by atoms with E-state index in [9.17, 15) is 9.59 Å². The van der Waals surface area contributed by atoms with E-state index < -0.39 is 0 Å². The second kappa shape index (κ2) is 8.49. The Morgan fingerprint density at radius 3 is 2.61 bits per heavy atom. The minimum absolute atomic E-state index is 0.305. The number of aromatic nitrogens is 2. The summed E-state index contributed by atoms with van der Waals surface area (Å²) in [4.78, 5) is 32.7. The van der Waals surface area contributed by atoms with Gasteiger partial charge < -0.3 is 20.9 Å². The number of carbonyl (C=O) groups is 2. The number of carbonyl (C=O) groups excluding carboxylic acids is 2. The first-order valence-corrected chi connectivity index (χ1v) is 9.97. The number of pyridine rings is 1. The lowest BCUT2D eigenvalue weighted by Crippen LogP contribution is -2.19. The largest absolute Gasteiger partial charge is 0.360 e. The van der Waals surface area contributed by atoms with Crippen LogP contribution in [-0.2, 0) is 0 Å². The van der Waals surface area contributed by atoms with Gasteiger partial charge in [-0.15, -0.1) is 0 Å². The summed E-state index contributed by atoms with van der Waals surface area (Å²) in [6.45, 7) is 1.97. The number of para-hydroxylation sites is 1. The molecule has 2 heterocycles. The maximum absolute atomic E-state index is 13.1. The van der Waals surface area contributed by atoms with Crippen molar-refractivity contribution < 1.29 is 9.59 Å². The Morgan fingerprint density at radius 1 is 1.03 bits per heavy atom. The fourth-order valence-corrected chi connectivity index (χ4v) is 3.55. The Hall–Kier alpha value is -3.84. The van der Waals surface area contributed by atoms with E-state index >= 15 is 0 Å². The first kappa shape index (κ1) is 20.4. The highest BCUT2D eigenvalue weighted by molar-refractivity contribution is 6.37. The summed E-state index contributed by atoms with van der Waals surface area (Å²) in [5.74, 6) is -0.259. The monoisotopic (exact) mass is 433 g/mol. The molecule has 0 saturated carbocycles. The molecule has 8 heteroatoms. The lowest BCUT2D eigenvalue weighted by molar-refractivity contribution is 0.0961. The van der Waals surface area contributed by atoms with Crippen LogP contribution in [0.1, 0.15) is 26.3 Å². The van der Waals surface area contributed by atoms with Crippen LogP contribution in [0.3, 0.4) is 0 Å². The van der Waals surface area contributed by atoms with Gasteiger partial charge in [-0.2, -0.15) is 0 Å². The number of aryl methyl sites for hydroxylation is 1. The normalized spacial score (nSPS) is 10.7. The summed E-state index contributed by atoms with van der Waals surface area (Å²) in [7, 11) is 1.54. The molecule has 4 aromatic rings. The lowest BCUT2D eigenvalue weighted by atomic mass is 10.1. The van der Waals surface area contributed by atoms with Gasteiger partial charge in [0, 0.05) is 36.0 Å². The summed E-state index contributed by atoms with van der Waals surface area (Å²) < 4.78 is 0. The fraction of sp³-hybridized carbons (Fsp3) is 0.0870. The molecule has 0 aliphatic carbocycles. The number of amides is 2. The number of hydrogen-bond donors (Lipinski definition) is 4. The Kier molecular flexibility index (Phi) is 5.60. The number of fused-ring (bicyclic) bond motifs is 1. The van der Waals surface area contributed by atoms with Gasteiger partial charge in [-0.25, -0.2) is 4.98 Å². The van der Waals surface area contributed by atoms with E-state index in [1.807, 2.05) is 43.3 Å². The molecule has 7 nitrogen and oxygen atoms in total. The van der Waals surface area contributed by atoms with Crippen molar-refractivity contribution in [2.45, 2.75) is 6.92 Å². The minimum Gasteiger partial charge on any atom is -0.360 e. The zero-order valence-electron chi connectivity index (χ0n) is 16.9. The van der Waals surface area contributed by atoms with Crippen LogP contribution in [0.2, 0.25) is 5.02 Å². The number of halogens is 1. The first-order valence-electron chi connectivity index (χ1n) is 9.59. The quantitative estimate of drug-likeness (QED) is 0.360. The molecule has 0 aliphatic rings. The third-order valence-corrected chi connectivity index (χ3v) is 5.24. The van der Waals surface area contributed by atoms with E-state index in [1.165, 1.54) is 13.2 Å². The smallest absolute Gasteiger partial charge is 0.257 e. The maximum Gasteiger partial charge on any atom is 0.257 e. The number of rotatable bonds is 5. The molecule has 2 amide bonds. The molecular formula is C23H20ClN5O2. The van der Waals surface area contributed by atoms with Crippen molar-refractivity contribution >= 4 is 51.5 Å². The lowest BCUT2D eigenvalue weighted by Gasteiger charge is -2.15. The summed E-state index contributed by atoms with van der Waals surface area (Å²) in [6.07, 6.45) is 3.06. The highest BCUT2D eigenvalue weighted by Crippen LogP contribution is 2.30. The van der Waals surface area contributed by atoms with Gasteiger partial charge in [0.1, 0.15) is 0 Å². The molecule has 4 rings (SSSR count). The second-order valence-corrected chi connectivity index (χ2v) is 7.37. The number of anilines is 3. The number of benzene rings is 2. The van der Waals surface area contributed by atoms with Crippen LogP contribution < -0.4 is 16.0 Å². The van der Waals surface area contributed by atoms with Gasteiger partial charge in [0.15, 0.2) is 5.82 Å². The summed E-state index contributed by atoms with van der Waals surface area (Å²) >= 11 is 6.31. The molecule has 156 valence electrons. The molecular weight excluding hydrogens is 414 g/mol. The van der Waals surface area contributed by atoms with Gasteiger partial charge in [0.25, 0.3) is 11.8 Å². The molecule has 0 atom stereocenters. The molecule has 0 aliphatic heterocycles. The molecule has 0 unspecified atom stereocenters. The summed E-state index contributed by atoms with van der Waals surface area (Å²) in [5, 5.41) is 9.77. The topological polar surface area (TPSA) is 98.9 Å². The van der Waals surface area contributed by atoms with Crippen LogP contribution in [0.25, 0.3) is 10.9 Å². The number of H-pyrrole nitrogens is 1. The SMILES string of the molecule is CNC(=O)c1cnc(Nc2ccccc2C)c(NC(=O)c2c[nH]c3cccc(Cl)c23)c1. The third kappa shape index (κ3) is 4.08. The van der Waals surface area contributed by atoms with E-state index in [-0.39, 0.29) is 11.8 Å². The zero-order chi connectivity index (χ0) is 22.0. The van der Waals surface area contributed by atoms with Crippen molar-refractivity contribution in [3.05, 3.63) is 82.6 Å². The van der Waals surface area contributed by atoms with Gasteiger partial charge in [-0.1, -0.05) is 35.9 Å². The van der Waals surface area contributed by atoms with Gasteiger partial charge in [-0.05, 0) is 36.8 Å². The number of nitrogens with one attached hydrogen (secondary N) is 4. The molecule has 2 aromatic heterocycles. The van der Waals surface area contributed by atoms with Gasteiger partial charge in [-0.3, -0.25) is 9.59 Å². The number of hydrogen-bond acceptors (Lipinski definition) is 4. The van der Waals surface area contributed by atoms with Gasteiger partial charge >= 0.3 is 0 Å². The van der Waals surface area contributed by atoms with Crippen LogP contribution in [0.15, 0.2) is 60.9 Å². The molecule has 0 radical (unpaired) electrons. The van der Waals surface area contributed by atoms with Crippen LogP contribution >= 0.6 is 11.6 Å². The third-order valence-electron chi connectivity index (χ3n) is 4.92. The molecule has 0 spiro atoms. The van der Waals surface area contributed by atoms with Crippen LogP contribution in [0, 0.1) is 6.92 Å². The van der Waals surface area contributed by atoms with Gasteiger partial charge in [0.2, 0.25) is 0 Å². The molecule has 4 N–H and O–H groups in total. The number of aromatic amines is 1. The second-order valence-electron chi connectivity index (χ2n) is 6.96. The van der Waals surface area contributed by atoms with E-state index in [0.29, 0.717) is 33.0 Å². The predicted octanol–water partition coefficient (Wildman–Crippen LogP) is 4.88. The number of nitrogens with zero attached hydrogens (tertiary/aromatic N) is 1. The first-order chi connectivity index (χ1) is 15.0.